The largest absolute Gasteiger partial charge is 0.397 e. The summed E-state index contributed by atoms with van der Waals surface area (Å²) in [4.78, 5) is 31.3. The van der Waals surface area contributed by atoms with Crippen molar-refractivity contribution in [3.8, 4) is 18.0 Å². The number of nitrogens with two attached hydrogens (primary N) is 2. The zero-order valence-electron chi connectivity index (χ0n) is 17.2. The van der Waals surface area contributed by atoms with Crippen LogP contribution in [0, 0.1) is 26.2 Å². The van der Waals surface area contributed by atoms with Crippen molar-refractivity contribution in [2.24, 2.45) is 5.84 Å². The van der Waals surface area contributed by atoms with Gasteiger partial charge in [0, 0.05) is 6.20 Å². The Hall–Kier alpha value is -3.87. The van der Waals surface area contributed by atoms with E-state index in [0.29, 0.717) is 22.8 Å². The molecule has 0 radical (unpaired) electrons. The summed E-state index contributed by atoms with van der Waals surface area (Å²) in [5, 5.41) is 1.19. The van der Waals surface area contributed by atoms with Crippen LogP contribution in [0.2, 0.25) is 0 Å². The van der Waals surface area contributed by atoms with E-state index in [4.69, 9.17) is 22.7 Å². The van der Waals surface area contributed by atoms with Crippen molar-refractivity contribution < 1.29 is 4.74 Å². The normalized spacial score (nSPS) is 14.5. The molecule has 158 valence electrons. The van der Waals surface area contributed by atoms with Crippen molar-refractivity contribution >= 4 is 17.1 Å². The number of anilines is 3. The molecule has 0 unspecified atom stereocenters. The fourth-order valence-corrected chi connectivity index (χ4v) is 3.77. The molecule has 9 nitrogen and oxygen atoms in total. The van der Waals surface area contributed by atoms with E-state index in [2.05, 4.69) is 10.9 Å². The third-order valence-electron chi connectivity index (χ3n) is 5.40. The first kappa shape index (κ1) is 20.4. The van der Waals surface area contributed by atoms with Gasteiger partial charge in [-0.3, -0.25) is 19.4 Å². The number of hydrogen-bond donors (Lipinski definition) is 2. The molecular weight excluding hydrogens is 396 g/mol. The van der Waals surface area contributed by atoms with Gasteiger partial charge < -0.3 is 10.5 Å². The Balaban J connectivity index is 2.10. The van der Waals surface area contributed by atoms with E-state index in [1.54, 1.807) is 43.5 Å². The number of benzene rings is 1. The number of nitrogen functional groups attached to an aromatic ring is 1. The van der Waals surface area contributed by atoms with Crippen LogP contribution in [0.3, 0.4) is 0 Å². The lowest BCUT2D eigenvalue weighted by Crippen LogP contribution is -2.59. The molecule has 0 bridgehead atoms. The lowest BCUT2D eigenvalue weighted by Gasteiger charge is -2.40. The van der Waals surface area contributed by atoms with Gasteiger partial charge in [-0.15, -0.1) is 6.42 Å². The molecule has 1 aromatic carbocycles. The van der Waals surface area contributed by atoms with E-state index in [-0.39, 0.29) is 18.9 Å². The van der Waals surface area contributed by atoms with E-state index >= 15 is 0 Å². The second kappa shape index (κ2) is 7.43. The van der Waals surface area contributed by atoms with Gasteiger partial charge in [-0.1, -0.05) is 18.1 Å². The number of nitrogens with zero attached hydrogens (tertiary/aromatic N) is 4. The van der Waals surface area contributed by atoms with Crippen molar-refractivity contribution in [3.05, 3.63) is 74.8 Å². The summed E-state index contributed by atoms with van der Waals surface area (Å²) in [7, 11) is 0. The highest BCUT2D eigenvalue weighted by atomic mass is 16.5. The minimum atomic E-state index is -1.02. The molecule has 0 amide bonds. The van der Waals surface area contributed by atoms with Gasteiger partial charge >= 0.3 is 5.69 Å². The Morgan fingerprint density at radius 3 is 2.52 bits per heavy atom. The van der Waals surface area contributed by atoms with Crippen LogP contribution < -0.4 is 27.8 Å². The number of pyridine rings is 1. The van der Waals surface area contributed by atoms with E-state index in [0.717, 1.165) is 10.1 Å². The molecule has 3 heterocycles. The highest BCUT2D eigenvalue weighted by molar-refractivity contribution is 5.74. The van der Waals surface area contributed by atoms with Crippen molar-refractivity contribution in [1.82, 2.24) is 14.1 Å². The number of rotatable bonds is 4. The smallest absolute Gasteiger partial charge is 0.337 e. The van der Waals surface area contributed by atoms with Gasteiger partial charge in [0.1, 0.15) is 5.69 Å². The molecule has 3 aromatic rings. The van der Waals surface area contributed by atoms with Gasteiger partial charge in [0.15, 0.2) is 5.54 Å². The Morgan fingerprint density at radius 2 is 1.94 bits per heavy atom. The molecule has 1 saturated heterocycles. The van der Waals surface area contributed by atoms with Crippen LogP contribution in [0.5, 0.6) is 0 Å². The zero-order chi connectivity index (χ0) is 22.3. The first-order valence-corrected chi connectivity index (χ1v) is 9.57. The van der Waals surface area contributed by atoms with Crippen LogP contribution in [0.15, 0.2) is 52.3 Å². The minimum absolute atomic E-state index is 0.0699. The molecule has 1 fully saturated rings. The maximum absolute atomic E-state index is 13.6. The highest BCUT2D eigenvalue weighted by Crippen LogP contribution is 2.31. The molecule has 2 aromatic heterocycles. The van der Waals surface area contributed by atoms with Crippen LogP contribution in [0.1, 0.15) is 11.3 Å². The van der Waals surface area contributed by atoms with Crippen LogP contribution in [0.4, 0.5) is 17.1 Å². The molecule has 1 aliphatic heterocycles. The van der Waals surface area contributed by atoms with E-state index in [1.165, 1.54) is 15.8 Å². The van der Waals surface area contributed by atoms with E-state index in [9.17, 15) is 9.59 Å². The summed E-state index contributed by atoms with van der Waals surface area (Å²) >= 11 is 0. The second-order valence-corrected chi connectivity index (χ2v) is 7.51. The predicted octanol–water partition coefficient (Wildman–Crippen LogP) is 0.964. The van der Waals surface area contributed by atoms with Crippen LogP contribution in [-0.2, 0) is 10.3 Å². The highest BCUT2D eigenvalue weighted by Gasteiger charge is 2.42. The van der Waals surface area contributed by atoms with Crippen molar-refractivity contribution in [2.75, 3.05) is 24.0 Å². The Kier molecular flexibility index (Phi) is 4.89. The molecule has 31 heavy (non-hydrogen) atoms. The summed E-state index contributed by atoms with van der Waals surface area (Å²) in [6.45, 7) is 3.74. The monoisotopic (exact) mass is 418 g/mol. The topological polar surface area (TPSA) is 121 Å². The van der Waals surface area contributed by atoms with Crippen LogP contribution in [-0.4, -0.2) is 27.3 Å². The summed E-state index contributed by atoms with van der Waals surface area (Å²) < 4.78 is 7.75. The van der Waals surface area contributed by atoms with Gasteiger partial charge in [-0.25, -0.2) is 15.2 Å². The van der Waals surface area contributed by atoms with Crippen LogP contribution >= 0.6 is 0 Å². The molecule has 0 spiro atoms. The Bertz CT molecular complexity index is 1330. The maximum atomic E-state index is 13.6. The standard InChI is InChI=1S/C22H22N6O3/c1-4-22(12-31-13-22)27-15(3)19(28(24)18-8-6-5-7-17(18)23)20(29)26(21(27)30)16-9-14(2)10-25-11-16/h1,5-11H,12-13,23-24H2,2-3H3. The molecule has 0 atom stereocenters. The van der Waals surface area contributed by atoms with E-state index < -0.39 is 16.8 Å². The minimum Gasteiger partial charge on any atom is -0.397 e. The number of aryl methyl sites for hydroxylation is 1. The second-order valence-electron chi connectivity index (χ2n) is 7.51. The molecule has 9 heteroatoms. The average molecular weight is 418 g/mol. The summed E-state index contributed by atoms with van der Waals surface area (Å²) in [6, 6.07) is 8.56. The number of aromatic nitrogens is 3. The number of terminal acetylenes is 1. The molecule has 4 N–H and O–H groups in total. The number of hydrogen-bond acceptors (Lipinski definition) is 7. The van der Waals surface area contributed by atoms with Gasteiger partial charge in [0.05, 0.1) is 42.2 Å². The maximum Gasteiger partial charge on any atom is 0.337 e. The molecule has 1 aliphatic rings. The van der Waals surface area contributed by atoms with Crippen molar-refractivity contribution in [2.45, 2.75) is 19.4 Å². The third-order valence-corrected chi connectivity index (χ3v) is 5.40. The van der Waals surface area contributed by atoms with Gasteiger partial charge in [-0.2, -0.15) is 0 Å². The summed E-state index contributed by atoms with van der Waals surface area (Å²) in [5.41, 5.74) is 6.15. The summed E-state index contributed by atoms with van der Waals surface area (Å²) in [5.74, 6) is 9.05. The molecular formula is C22H22N6O3. The lowest BCUT2D eigenvalue weighted by molar-refractivity contribution is -0.0692. The number of para-hydroxylation sites is 2. The first-order valence-electron chi connectivity index (χ1n) is 9.57. The molecule has 0 aliphatic carbocycles. The van der Waals surface area contributed by atoms with Gasteiger partial charge in [0.2, 0.25) is 0 Å². The summed E-state index contributed by atoms with van der Waals surface area (Å²) in [6.07, 6.45) is 8.87. The lowest BCUT2D eigenvalue weighted by atomic mass is 9.97. The SMILES string of the molecule is C#CC1(n2c(C)c(N(N)c3ccccc3N)c(=O)n(-c3cncc(C)c3)c2=O)COC1. The Morgan fingerprint density at radius 1 is 1.23 bits per heavy atom. The zero-order valence-corrected chi connectivity index (χ0v) is 17.2. The molecule has 4 rings (SSSR count). The van der Waals surface area contributed by atoms with Crippen molar-refractivity contribution in [3.63, 3.8) is 0 Å². The van der Waals surface area contributed by atoms with E-state index in [1.807, 2.05) is 6.92 Å². The number of hydrazine groups is 1. The first-order chi connectivity index (χ1) is 14.8. The predicted molar refractivity (Wildman–Crippen MR) is 118 cm³/mol. The fraction of sp³-hybridized carbons (Fsp3) is 0.227. The average Bonchev–Trinajstić information content (AvgIpc) is 2.70. The molecule has 0 saturated carbocycles. The van der Waals surface area contributed by atoms with Gasteiger partial charge in [-0.05, 0) is 37.6 Å². The van der Waals surface area contributed by atoms with Crippen molar-refractivity contribution in [1.29, 1.82) is 0 Å². The van der Waals surface area contributed by atoms with Crippen LogP contribution in [0.25, 0.3) is 5.69 Å². The number of ether oxygens (including phenoxy) is 1. The van der Waals surface area contributed by atoms with Gasteiger partial charge in [0.25, 0.3) is 5.56 Å². The fourth-order valence-electron chi connectivity index (χ4n) is 3.77. The third kappa shape index (κ3) is 3.09. The Labute approximate surface area is 178 Å². The quantitative estimate of drug-likeness (QED) is 0.280.